The quantitative estimate of drug-likeness (QED) is 0.731. The molecule has 1 aliphatic heterocycles. The van der Waals surface area contributed by atoms with Crippen LogP contribution in [0.4, 0.5) is 5.69 Å². The summed E-state index contributed by atoms with van der Waals surface area (Å²) < 4.78 is 6.90. The van der Waals surface area contributed by atoms with E-state index in [1.54, 1.807) is 12.0 Å². The van der Waals surface area contributed by atoms with Gasteiger partial charge >= 0.3 is 0 Å². The van der Waals surface area contributed by atoms with E-state index in [0.717, 1.165) is 14.6 Å². The molecule has 0 radical (unpaired) electrons. The smallest absolute Gasteiger partial charge is 0.228 e. The van der Waals surface area contributed by atoms with Crippen molar-refractivity contribution in [2.45, 2.75) is 11.8 Å². The molecular formula is C11H10Br2ClNO2. The van der Waals surface area contributed by atoms with Crippen LogP contribution in [0.5, 0.6) is 5.75 Å². The summed E-state index contributed by atoms with van der Waals surface area (Å²) in [4.78, 5) is 13.5. The number of carbonyl (C=O) groups is 1. The Morgan fingerprint density at radius 2 is 2.12 bits per heavy atom. The van der Waals surface area contributed by atoms with Crippen molar-refractivity contribution >= 4 is 55.1 Å². The predicted molar refractivity (Wildman–Crippen MR) is 75.0 cm³/mol. The maximum atomic E-state index is 11.8. The molecule has 17 heavy (non-hydrogen) atoms. The molecule has 6 heteroatoms. The average molecular weight is 383 g/mol. The second-order valence-corrected chi connectivity index (χ2v) is 6.07. The Morgan fingerprint density at radius 3 is 2.65 bits per heavy atom. The Balaban J connectivity index is 2.41. The minimum Gasteiger partial charge on any atom is -0.495 e. The second kappa shape index (κ2) is 5.16. The monoisotopic (exact) mass is 381 g/mol. The lowest BCUT2D eigenvalue weighted by molar-refractivity contribution is -0.117. The first kappa shape index (κ1) is 13.2. The van der Waals surface area contributed by atoms with Crippen molar-refractivity contribution in [3.05, 3.63) is 21.1 Å². The molecule has 0 bridgehead atoms. The topological polar surface area (TPSA) is 29.5 Å². The molecule has 2 rings (SSSR count). The molecule has 1 aliphatic rings. The summed E-state index contributed by atoms with van der Waals surface area (Å²) in [5.41, 5.74) is 0.790. The average Bonchev–Trinajstić information content (AvgIpc) is 2.58. The summed E-state index contributed by atoms with van der Waals surface area (Å²) >= 11 is 12.8. The minimum absolute atomic E-state index is 0.0371. The predicted octanol–water partition coefficient (Wildman–Crippen LogP) is 3.56. The molecule has 0 N–H and O–H groups in total. The summed E-state index contributed by atoms with van der Waals surface area (Å²) in [6.45, 7) is 0.532. The Bertz CT molecular complexity index is 467. The van der Waals surface area contributed by atoms with Gasteiger partial charge in [-0.25, -0.2) is 0 Å². The largest absolute Gasteiger partial charge is 0.495 e. The van der Waals surface area contributed by atoms with Gasteiger partial charge in [-0.05, 0) is 37.9 Å². The van der Waals surface area contributed by atoms with E-state index in [1.165, 1.54) is 0 Å². The molecule has 1 atom stereocenters. The molecule has 0 saturated carbocycles. The van der Waals surface area contributed by atoms with E-state index < -0.39 is 0 Å². The second-order valence-electron chi connectivity index (χ2n) is 3.74. The molecule has 1 heterocycles. The van der Waals surface area contributed by atoms with Crippen LogP contribution < -0.4 is 9.64 Å². The van der Waals surface area contributed by atoms with Crippen LogP contribution in [0, 0.1) is 0 Å². The molecule has 3 nitrogen and oxygen atoms in total. The van der Waals surface area contributed by atoms with Crippen LogP contribution >= 0.6 is 43.5 Å². The van der Waals surface area contributed by atoms with Crippen LogP contribution in [0.25, 0.3) is 0 Å². The van der Waals surface area contributed by atoms with Crippen molar-refractivity contribution in [3.8, 4) is 5.75 Å². The number of alkyl halides is 1. The SMILES string of the molecule is COc1cc(N2CC(Cl)CC2=O)c(Br)cc1Br. The fraction of sp³-hybridized carbons (Fsp3) is 0.364. The summed E-state index contributed by atoms with van der Waals surface area (Å²) in [5, 5.41) is -0.121. The van der Waals surface area contributed by atoms with Crippen LogP contribution in [0.1, 0.15) is 6.42 Å². The van der Waals surface area contributed by atoms with Crippen molar-refractivity contribution in [2.24, 2.45) is 0 Å². The van der Waals surface area contributed by atoms with E-state index in [9.17, 15) is 4.79 Å². The van der Waals surface area contributed by atoms with Crippen LogP contribution in [0.15, 0.2) is 21.1 Å². The zero-order valence-electron chi connectivity index (χ0n) is 9.04. The Morgan fingerprint density at radius 1 is 1.41 bits per heavy atom. The number of hydrogen-bond donors (Lipinski definition) is 0. The van der Waals surface area contributed by atoms with Gasteiger partial charge in [0.05, 0.1) is 22.6 Å². The highest BCUT2D eigenvalue weighted by Gasteiger charge is 2.30. The number of rotatable bonds is 2. The van der Waals surface area contributed by atoms with Gasteiger partial charge in [-0.3, -0.25) is 4.79 Å². The lowest BCUT2D eigenvalue weighted by atomic mass is 10.3. The standard InChI is InChI=1S/C11H10Br2ClNO2/c1-17-10-4-9(7(12)3-8(10)13)15-5-6(14)2-11(15)16/h3-4,6H,2,5H2,1H3. The number of ether oxygens (including phenoxy) is 1. The summed E-state index contributed by atoms with van der Waals surface area (Å²) in [6.07, 6.45) is 0.381. The molecule has 1 aromatic rings. The Labute approximate surface area is 121 Å². The van der Waals surface area contributed by atoms with Gasteiger partial charge < -0.3 is 9.64 Å². The van der Waals surface area contributed by atoms with E-state index in [-0.39, 0.29) is 11.3 Å². The van der Waals surface area contributed by atoms with Crippen molar-refractivity contribution in [1.29, 1.82) is 0 Å². The van der Waals surface area contributed by atoms with Crippen LogP contribution in [0.3, 0.4) is 0 Å². The van der Waals surface area contributed by atoms with E-state index in [1.807, 2.05) is 12.1 Å². The number of hydrogen-bond acceptors (Lipinski definition) is 2. The number of anilines is 1. The lowest BCUT2D eigenvalue weighted by Crippen LogP contribution is -2.25. The van der Waals surface area contributed by atoms with Gasteiger partial charge in [-0.15, -0.1) is 11.6 Å². The fourth-order valence-corrected chi connectivity index (χ4v) is 3.42. The third kappa shape index (κ3) is 2.61. The van der Waals surface area contributed by atoms with E-state index in [2.05, 4.69) is 31.9 Å². The first-order valence-electron chi connectivity index (χ1n) is 5.00. The number of halogens is 3. The molecule has 1 aromatic carbocycles. The zero-order chi connectivity index (χ0) is 12.6. The maximum absolute atomic E-state index is 11.8. The molecule has 0 spiro atoms. The van der Waals surface area contributed by atoms with Crippen molar-refractivity contribution in [2.75, 3.05) is 18.6 Å². The summed E-state index contributed by atoms with van der Waals surface area (Å²) in [5.74, 6) is 0.726. The molecule has 1 amide bonds. The first-order valence-corrected chi connectivity index (χ1v) is 7.02. The summed E-state index contributed by atoms with van der Waals surface area (Å²) in [6, 6.07) is 3.68. The normalized spacial score (nSPS) is 19.9. The maximum Gasteiger partial charge on any atom is 0.228 e. The molecule has 0 aliphatic carbocycles. The van der Waals surface area contributed by atoms with E-state index >= 15 is 0 Å². The molecule has 92 valence electrons. The van der Waals surface area contributed by atoms with E-state index in [0.29, 0.717) is 18.7 Å². The van der Waals surface area contributed by atoms with Gasteiger partial charge in [0.15, 0.2) is 0 Å². The highest BCUT2D eigenvalue weighted by atomic mass is 79.9. The first-order chi connectivity index (χ1) is 8.02. The third-order valence-corrected chi connectivity index (χ3v) is 4.14. The van der Waals surface area contributed by atoms with Crippen LogP contribution in [0.2, 0.25) is 0 Å². The van der Waals surface area contributed by atoms with Gasteiger partial charge in [0.2, 0.25) is 5.91 Å². The number of methoxy groups -OCH3 is 1. The third-order valence-electron chi connectivity index (χ3n) is 2.59. The van der Waals surface area contributed by atoms with Gasteiger partial charge in [0.25, 0.3) is 0 Å². The van der Waals surface area contributed by atoms with Gasteiger partial charge in [-0.2, -0.15) is 0 Å². The van der Waals surface area contributed by atoms with Gasteiger partial charge in [-0.1, -0.05) is 0 Å². The van der Waals surface area contributed by atoms with Crippen molar-refractivity contribution < 1.29 is 9.53 Å². The van der Waals surface area contributed by atoms with Crippen LogP contribution in [-0.4, -0.2) is 24.9 Å². The molecular weight excluding hydrogens is 373 g/mol. The molecule has 1 saturated heterocycles. The fourth-order valence-electron chi connectivity index (χ4n) is 1.78. The van der Waals surface area contributed by atoms with Crippen molar-refractivity contribution in [1.82, 2.24) is 0 Å². The Kier molecular flexibility index (Phi) is 4.00. The lowest BCUT2D eigenvalue weighted by Gasteiger charge is -2.19. The Hall–Kier alpha value is -0.260. The van der Waals surface area contributed by atoms with Gasteiger partial charge in [0.1, 0.15) is 5.75 Å². The van der Waals surface area contributed by atoms with Gasteiger partial charge in [0, 0.05) is 23.5 Å². The zero-order valence-corrected chi connectivity index (χ0v) is 13.0. The highest BCUT2D eigenvalue weighted by molar-refractivity contribution is 9.11. The molecule has 1 fully saturated rings. The highest BCUT2D eigenvalue weighted by Crippen LogP contribution is 2.38. The minimum atomic E-state index is -0.121. The number of nitrogens with zero attached hydrogens (tertiary/aromatic N) is 1. The molecule has 1 unspecified atom stereocenters. The van der Waals surface area contributed by atoms with Crippen LogP contribution in [-0.2, 0) is 4.79 Å². The van der Waals surface area contributed by atoms with E-state index in [4.69, 9.17) is 16.3 Å². The summed E-state index contributed by atoms with van der Waals surface area (Å²) in [7, 11) is 1.59. The number of amides is 1. The van der Waals surface area contributed by atoms with Crippen molar-refractivity contribution in [3.63, 3.8) is 0 Å². The number of carbonyl (C=O) groups excluding carboxylic acids is 1. The number of benzene rings is 1. The molecule has 0 aromatic heterocycles.